The molecule has 1 amide bonds. The fraction of sp³-hybridized carbons (Fsp3) is 0.588. The number of hydrogen-bond acceptors (Lipinski definition) is 4. The quantitative estimate of drug-likeness (QED) is 0.848. The smallest absolute Gasteiger partial charge is 0.257 e. The molecule has 1 saturated heterocycles. The first kappa shape index (κ1) is 18.7. The van der Waals surface area contributed by atoms with Crippen molar-refractivity contribution in [3.63, 3.8) is 0 Å². The van der Waals surface area contributed by atoms with Gasteiger partial charge in [0, 0.05) is 19.6 Å². The molecule has 0 unspecified atom stereocenters. The van der Waals surface area contributed by atoms with Gasteiger partial charge in [-0.25, -0.2) is 8.42 Å². The summed E-state index contributed by atoms with van der Waals surface area (Å²) in [4.78, 5) is 12.0. The number of sulfonamides is 1. The number of hydrogen-bond donors (Lipinski definition) is 1. The molecule has 24 heavy (non-hydrogen) atoms. The van der Waals surface area contributed by atoms with Crippen molar-refractivity contribution in [1.82, 2.24) is 9.62 Å². The molecule has 0 bridgehead atoms. The summed E-state index contributed by atoms with van der Waals surface area (Å²) in [6, 6.07) is 6.21. The zero-order valence-corrected chi connectivity index (χ0v) is 15.4. The van der Waals surface area contributed by atoms with E-state index in [0.29, 0.717) is 25.4 Å². The summed E-state index contributed by atoms with van der Waals surface area (Å²) < 4.78 is 31.7. The Morgan fingerprint density at radius 3 is 2.29 bits per heavy atom. The molecule has 1 aliphatic rings. The van der Waals surface area contributed by atoms with E-state index in [1.54, 1.807) is 12.1 Å². The normalized spacial score (nSPS) is 16.1. The Hall–Kier alpha value is -1.60. The van der Waals surface area contributed by atoms with E-state index in [2.05, 4.69) is 5.32 Å². The summed E-state index contributed by atoms with van der Waals surface area (Å²) in [7, 11) is -3.41. The Morgan fingerprint density at radius 2 is 1.75 bits per heavy atom. The number of rotatable bonds is 6. The molecule has 0 saturated carbocycles. The maximum absolute atomic E-state index is 12.4. The number of nitrogens with zero attached hydrogens (tertiary/aromatic N) is 1. The molecule has 2 rings (SSSR count). The summed E-state index contributed by atoms with van der Waals surface area (Å²) in [5, 5.41) is 2.80. The van der Waals surface area contributed by atoms with Gasteiger partial charge in [-0.15, -0.1) is 0 Å². The van der Waals surface area contributed by atoms with E-state index in [9.17, 15) is 13.2 Å². The fourth-order valence-electron chi connectivity index (χ4n) is 2.35. The summed E-state index contributed by atoms with van der Waals surface area (Å²) in [5.41, 5.74) is 0.0151. The molecule has 1 aliphatic heterocycles. The first-order chi connectivity index (χ1) is 11.2. The van der Waals surface area contributed by atoms with Crippen molar-refractivity contribution >= 4 is 15.9 Å². The van der Waals surface area contributed by atoms with Crippen molar-refractivity contribution in [3.05, 3.63) is 24.3 Å². The molecule has 134 valence electrons. The van der Waals surface area contributed by atoms with Crippen LogP contribution in [0, 0.1) is 5.41 Å². The van der Waals surface area contributed by atoms with Crippen molar-refractivity contribution in [2.45, 2.75) is 38.5 Å². The molecule has 7 heteroatoms. The highest BCUT2D eigenvalue weighted by atomic mass is 32.2. The van der Waals surface area contributed by atoms with Crippen LogP contribution in [0.1, 0.15) is 33.6 Å². The maximum Gasteiger partial charge on any atom is 0.257 e. The number of benzene rings is 1. The fourth-order valence-corrected chi connectivity index (χ4v) is 3.87. The van der Waals surface area contributed by atoms with E-state index in [0.717, 1.165) is 12.8 Å². The van der Waals surface area contributed by atoms with Gasteiger partial charge in [0.05, 0.1) is 4.90 Å². The van der Waals surface area contributed by atoms with Gasteiger partial charge < -0.3 is 10.1 Å². The number of amides is 1. The number of carbonyl (C=O) groups excluding carboxylic acids is 1. The monoisotopic (exact) mass is 354 g/mol. The molecule has 6 nitrogen and oxygen atoms in total. The lowest BCUT2D eigenvalue weighted by molar-refractivity contribution is -0.123. The highest BCUT2D eigenvalue weighted by molar-refractivity contribution is 7.89. The molecule has 1 heterocycles. The molecule has 0 aliphatic carbocycles. The highest BCUT2D eigenvalue weighted by Crippen LogP contribution is 2.22. The molecule has 0 aromatic heterocycles. The van der Waals surface area contributed by atoms with Gasteiger partial charge in [0.15, 0.2) is 6.61 Å². The lowest BCUT2D eigenvalue weighted by atomic mass is 9.97. The zero-order valence-electron chi connectivity index (χ0n) is 14.5. The molecule has 0 spiro atoms. The largest absolute Gasteiger partial charge is 0.484 e. The van der Waals surface area contributed by atoms with Crippen molar-refractivity contribution < 1.29 is 17.9 Å². The predicted molar refractivity (Wildman–Crippen MR) is 92.4 cm³/mol. The second kappa shape index (κ2) is 7.53. The van der Waals surface area contributed by atoms with Gasteiger partial charge in [-0.2, -0.15) is 4.31 Å². The molecule has 1 N–H and O–H groups in total. The third kappa shape index (κ3) is 5.21. The minimum atomic E-state index is -3.41. The van der Waals surface area contributed by atoms with Crippen LogP contribution in [0.3, 0.4) is 0 Å². The van der Waals surface area contributed by atoms with E-state index in [1.807, 2.05) is 20.8 Å². The van der Waals surface area contributed by atoms with E-state index < -0.39 is 10.0 Å². The van der Waals surface area contributed by atoms with Crippen LogP contribution in [-0.4, -0.2) is 44.9 Å². The van der Waals surface area contributed by atoms with Gasteiger partial charge in [-0.3, -0.25) is 4.79 Å². The lowest BCUT2D eigenvalue weighted by Gasteiger charge is -2.18. The van der Waals surface area contributed by atoms with Gasteiger partial charge >= 0.3 is 0 Å². The minimum Gasteiger partial charge on any atom is -0.484 e. The Balaban J connectivity index is 1.89. The average molecular weight is 354 g/mol. The first-order valence-corrected chi connectivity index (χ1v) is 9.62. The predicted octanol–water partition coefficient (Wildman–Crippen LogP) is 2.01. The number of nitrogens with one attached hydrogen (secondary N) is 1. The SMILES string of the molecule is CC(C)(C)CNC(=O)COc1ccc(S(=O)(=O)N2CCCC2)cc1. The van der Waals surface area contributed by atoms with Crippen LogP contribution in [0.2, 0.25) is 0 Å². The van der Waals surface area contributed by atoms with Crippen LogP contribution in [0.15, 0.2) is 29.2 Å². The van der Waals surface area contributed by atoms with Gasteiger partial charge in [0.2, 0.25) is 10.0 Å². The molecular formula is C17H26N2O4S. The van der Waals surface area contributed by atoms with Gasteiger partial charge in [0.1, 0.15) is 5.75 Å². The third-order valence-corrected chi connectivity index (χ3v) is 5.63. The van der Waals surface area contributed by atoms with Crippen molar-refractivity contribution in [2.75, 3.05) is 26.2 Å². The van der Waals surface area contributed by atoms with Crippen LogP contribution in [0.4, 0.5) is 0 Å². The Kier molecular flexibility index (Phi) is 5.87. The summed E-state index contributed by atoms with van der Waals surface area (Å²) in [6.45, 7) is 7.74. The van der Waals surface area contributed by atoms with Crippen LogP contribution < -0.4 is 10.1 Å². The summed E-state index contributed by atoms with van der Waals surface area (Å²) in [5.74, 6) is 0.278. The lowest BCUT2D eigenvalue weighted by Crippen LogP contribution is -2.35. The number of carbonyl (C=O) groups is 1. The minimum absolute atomic E-state index is 0.0151. The second-order valence-electron chi connectivity index (χ2n) is 7.21. The molecule has 0 atom stereocenters. The summed E-state index contributed by atoms with van der Waals surface area (Å²) >= 11 is 0. The number of ether oxygens (including phenoxy) is 1. The van der Waals surface area contributed by atoms with Gasteiger partial charge in [-0.05, 0) is 42.5 Å². The zero-order chi connectivity index (χ0) is 17.8. The Morgan fingerprint density at radius 1 is 1.17 bits per heavy atom. The molecule has 1 aromatic carbocycles. The van der Waals surface area contributed by atoms with Gasteiger partial charge in [0.25, 0.3) is 5.91 Å². The topological polar surface area (TPSA) is 75.7 Å². The average Bonchev–Trinajstić information content (AvgIpc) is 3.06. The molecule has 1 aromatic rings. The third-order valence-electron chi connectivity index (χ3n) is 3.71. The molecule has 0 radical (unpaired) electrons. The van der Waals surface area contributed by atoms with Crippen LogP contribution >= 0.6 is 0 Å². The summed E-state index contributed by atoms with van der Waals surface area (Å²) in [6.07, 6.45) is 1.81. The first-order valence-electron chi connectivity index (χ1n) is 8.18. The van der Waals surface area contributed by atoms with Crippen molar-refractivity contribution in [2.24, 2.45) is 5.41 Å². The van der Waals surface area contributed by atoms with E-state index >= 15 is 0 Å². The van der Waals surface area contributed by atoms with Crippen LogP contribution in [0.5, 0.6) is 5.75 Å². The maximum atomic E-state index is 12.4. The van der Waals surface area contributed by atoms with Crippen molar-refractivity contribution in [3.8, 4) is 5.75 Å². The van der Waals surface area contributed by atoms with E-state index in [4.69, 9.17) is 4.74 Å². The van der Waals surface area contributed by atoms with Gasteiger partial charge in [-0.1, -0.05) is 20.8 Å². The van der Waals surface area contributed by atoms with E-state index in [1.165, 1.54) is 16.4 Å². The molecular weight excluding hydrogens is 328 g/mol. The van der Waals surface area contributed by atoms with Crippen LogP contribution in [-0.2, 0) is 14.8 Å². The Bertz CT molecular complexity index is 657. The standard InChI is InChI=1S/C17H26N2O4S/c1-17(2,3)13-18-16(20)12-23-14-6-8-15(9-7-14)24(21,22)19-10-4-5-11-19/h6-9H,4-5,10-13H2,1-3H3,(H,18,20). The second-order valence-corrected chi connectivity index (χ2v) is 9.15. The van der Waals surface area contributed by atoms with E-state index in [-0.39, 0.29) is 22.8 Å². The van der Waals surface area contributed by atoms with Crippen LogP contribution in [0.25, 0.3) is 0 Å². The molecule has 1 fully saturated rings. The highest BCUT2D eigenvalue weighted by Gasteiger charge is 2.26. The van der Waals surface area contributed by atoms with Crippen molar-refractivity contribution in [1.29, 1.82) is 0 Å². The Labute approximate surface area is 144 Å².